The molecule has 0 spiro atoms. The number of aromatic nitrogens is 8. The highest BCUT2D eigenvalue weighted by Crippen LogP contribution is 2.04. The molecule has 3 aromatic heterocycles. The number of benzene rings is 1. The number of rotatable bonds is 6. The van der Waals surface area contributed by atoms with Crippen molar-refractivity contribution in [3.8, 4) is 5.69 Å². The first-order chi connectivity index (χ1) is 14.5. The van der Waals surface area contributed by atoms with Gasteiger partial charge in [-0.15, -0.1) is 0 Å². The lowest BCUT2D eigenvalue weighted by Gasteiger charge is -2.06. The van der Waals surface area contributed by atoms with Crippen LogP contribution in [0.15, 0.2) is 51.0 Å². The van der Waals surface area contributed by atoms with E-state index in [9.17, 15) is 19.2 Å². The van der Waals surface area contributed by atoms with E-state index in [0.717, 1.165) is 9.36 Å². The van der Waals surface area contributed by atoms with Crippen molar-refractivity contribution in [1.82, 2.24) is 44.2 Å². The second-order valence-corrected chi connectivity index (χ2v) is 6.44. The molecule has 0 aliphatic heterocycles. The Morgan fingerprint density at radius 1 is 1.13 bits per heavy atom. The number of nitrogens with zero attached hydrogens (tertiary/aromatic N) is 7. The largest absolute Gasteiger partial charge is 0.368 e. The summed E-state index contributed by atoms with van der Waals surface area (Å²) in [6, 6.07) is 8.85. The second-order valence-electron chi connectivity index (χ2n) is 6.44. The lowest BCUT2D eigenvalue weighted by molar-refractivity contribution is -0.121. The fourth-order valence-corrected chi connectivity index (χ4v) is 2.96. The van der Waals surface area contributed by atoms with Gasteiger partial charge in [0.15, 0.2) is 11.2 Å². The number of carbonyl (C=O) groups excluding carboxylic acids is 1. The molecule has 1 aromatic carbocycles. The number of H-pyrrole nitrogens is 1. The van der Waals surface area contributed by atoms with E-state index in [1.807, 2.05) is 6.07 Å². The van der Waals surface area contributed by atoms with Gasteiger partial charge in [-0.2, -0.15) is 9.36 Å². The van der Waals surface area contributed by atoms with Crippen LogP contribution in [0.1, 0.15) is 0 Å². The van der Waals surface area contributed by atoms with Gasteiger partial charge in [0.2, 0.25) is 5.91 Å². The molecule has 0 radical (unpaired) electrons. The Morgan fingerprint density at radius 2 is 1.90 bits per heavy atom. The molecule has 13 nitrogen and oxygen atoms in total. The Balaban J connectivity index is 1.41. The van der Waals surface area contributed by atoms with Crippen LogP contribution in [-0.2, 0) is 24.9 Å². The quantitative estimate of drug-likeness (QED) is 0.371. The van der Waals surface area contributed by atoms with Crippen LogP contribution < -0.4 is 22.3 Å². The first kappa shape index (κ1) is 19.0. The van der Waals surface area contributed by atoms with Crippen molar-refractivity contribution >= 4 is 17.1 Å². The maximum atomic E-state index is 12.4. The summed E-state index contributed by atoms with van der Waals surface area (Å²) in [7, 11) is 1.47. The van der Waals surface area contributed by atoms with Crippen LogP contribution in [0.5, 0.6) is 0 Å². The molecule has 0 saturated heterocycles. The molecule has 0 aliphatic rings. The van der Waals surface area contributed by atoms with Crippen LogP contribution in [0, 0.1) is 0 Å². The van der Waals surface area contributed by atoms with Gasteiger partial charge in [-0.05, 0) is 22.6 Å². The lowest BCUT2D eigenvalue weighted by atomic mass is 10.3. The number of aryl methyl sites for hydroxylation is 1. The van der Waals surface area contributed by atoms with Gasteiger partial charge >= 0.3 is 11.4 Å². The summed E-state index contributed by atoms with van der Waals surface area (Å²) >= 11 is 0. The normalized spacial score (nSPS) is 11.1. The van der Waals surface area contributed by atoms with Crippen molar-refractivity contribution in [2.24, 2.45) is 7.05 Å². The lowest BCUT2D eigenvalue weighted by Crippen LogP contribution is -2.34. The van der Waals surface area contributed by atoms with Crippen molar-refractivity contribution in [2.75, 3.05) is 6.54 Å². The van der Waals surface area contributed by atoms with Crippen LogP contribution in [-0.4, -0.2) is 51.3 Å². The smallest absolute Gasteiger partial charge is 0.353 e. The maximum absolute atomic E-state index is 12.4. The molecule has 13 heteroatoms. The zero-order chi connectivity index (χ0) is 21.3. The Hall–Kier alpha value is -4.29. The van der Waals surface area contributed by atoms with E-state index < -0.39 is 22.8 Å². The Kier molecular flexibility index (Phi) is 4.83. The van der Waals surface area contributed by atoms with Gasteiger partial charge in [-0.3, -0.25) is 19.1 Å². The molecule has 0 atom stereocenters. The minimum Gasteiger partial charge on any atom is -0.353 e. The molecule has 3 heterocycles. The summed E-state index contributed by atoms with van der Waals surface area (Å²) in [5, 5.41) is 10.3. The summed E-state index contributed by atoms with van der Waals surface area (Å²) < 4.78 is 4.84. The molecule has 0 fully saturated rings. The second kappa shape index (κ2) is 7.62. The third kappa shape index (κ3) is 3.43. The molecule has 4 aromatic rings. The number of hydrogen-bond donors (Lipinski definition) is 2. The monoisotopic (exact) mass is 411 g/mol. The van der Waals surface area contributed by atoms with E-state index in [4.69, 9.17) is 0 Å². The fraction of sp³-hybridized carbons (Fsp3) is 0.235. The number of imidazole rings is 1. The highest BCUT2D eigenvalue weighted by Gasteiger charge is 2.14. The molecule has 4 rings (SSSR count). The molecule has 0 unspecified atom stereocenters. The predicted octanol–water partition coefficient (Wildman–Crippen LogP) is -2.02. The van der Waals surface area contributed by atoms with Gasteiger partial charge in [0.05, 0.1) is 18.6 Å². The average molecular weight is 411 g/mol. The van der Waals surface area contributed by atoms with Gasteiger partial charge in [0.1, 0.15) is 6.54 Å². The van der Waals surface area contributed by atoms with Gasteiger partial charge in [0, 0.05) is 13.6 Å². The molecule has 2 N–H and O–H groups in total. The zero-order valence-corrected chi connectivity index (χ0v) is 15.8. The molecular weight excluding hydrogens is 394 g/mol. The third-order valence-corrected chi connectivity index (χ3v) is 4.48. The van der Waals surface area contributed by atoms with E-state index in [2.05, 4.69) is 25.7 Å². The van der Waals surface area contributed by atoms with E-state index in [-0.39, 0.29) is 30.8 Å². The molecule has 0 aliphatic carbocycles. The van der Waals surface area contributed by atoms with Crippen molar-refractivity contribution in [3.63, 3.8) is 0 Å². The van der Waals surface area contributed by atoms with E-state index >= 15 is 0 Å². The van der Waals surface area contributed by atoms with Crippen molar-refractivity contribution in [3.05, 3.63) is 68.0 Å². The summed E-state index contributed by atoms with van der Waals surface area (Å²) in [4.78, 5) is 54.5. The van der Waals surface area contributed by atoms with Crippen molar-refractivity contribution in [1.29, 1.82) is 0 Å². The summed E-state index contributed by atoms with van der Waals surface area (Å²) in [6.45, 7) is 0.0776. The van der Waals surface area contributed by atoms with Crippen LogP contribution in [0.4, 0.5) is 0 Å². The van der Waals surface area contributed by atoms with Crippen molar-refractivity contribution in [2.45, 2.75) is 13.1 Å². The first-order valence-electron chi connectivity index (χ1n) is 8.95. The van der Waals surface area contributed by atoms with Crippen LogP contribution >= 0.6 is 0 Å². The van der Waals surface area contributed by atoms with Gasteiger partial charge in [-0.25, -0.2) is 14.6 Å². The third-order valence-electron chi connectivity index (χ3n) is 4.48. The number of aromatic amines is 1. The number of carbonyl (C=O) groups is 1. The van der Waals surface area contributed by atoms with Gasteiger partial charge in [-0.1, -0.05) is 18.2 Å². The number of fused-ring (bicyclic) bond motifs is 1. The number of tetrazole rings is 1. The standard InChI is InChI=1S/C17H17N9O4/c1-23-14-13(15(28)20-16(23)29)24(10-19-14)9-12(27)18-7-8-25-17(30)26(22-21-25)11-5-3-2-4-6-11/h2-6,10H,7-9H2,1H3,(H,18,27)(H,20,28,29). The van der Waals surface area contributed by atoms with Gasteiger partial charge in [0.25, 0.3) is 5.56 Å². The number of para-hydroxylation sites is 1. The Labute approximate surface area is 167 Å². The molecule has 1 amide bonds. The van der Waals surface area contributed by atoms with E-state index in [1.165, 1.54) is 22.5 Å². The Morgan fingerprint density at radius 3 is 2.67 bits per heavy atom. The van der Waals surface area contributed by atoms with Crippen LogP contribution in [0.2, 0.25) is 0 Å². The fourth-order valence-electron chi connectivity index (χ4n) is 2.96. The molecule has 30 heavy (non-hydrogen) atoms. The van der Waals surface area contributed by atoms with Crippen LogP contribution in [0.25, 0.3) is 16.9 Å². The molecule has 0 bridgehead atoms. The number of amides is 1. The van der Waals surface area contributed by atoms with Crippen molar-refractivity contribution < 1.29 is 4.79 Å². The first-order valence-corrected chi connectivity index (χ1v) is 8.95. The minimum atomic E-state index is -0.623. The average Bonchev–Trinajstić information content (AvgIpc) is 3.31. The predicted molar refractivity (Wildman–Crippen MR) is 104 cm³/mol. The number of nitrogens with one attached hydrogen (secondary N) is 2. The summed E-state index contributed by atoms with van der Waals surface area (Å²) in [5.41, 5.74) is -0.749. The highest BCUT2D eigenvalue weighted by atomic mass is 16.2. The summed E-state index contributed by atoms with van der Waals surface area (Å²) in [6.07, 6.45) is 1.31. The topological polar surface area (TPSA) is 154 Å². The highest BCUT2D eigenvalue weighted by molar-refractivity contribution is 5.78. The molecule has 154 valence electrons. The molecule has 0 saturated carbocycles. The summed E-state index contributed by atoms with van der Waals surface area (Å²) in [5.74, 6) is -0.397. The minimum absolute atomic E-state index is 0.120. The van der Waals surface area contributed by atoms with Gasteiger partial charge < -0.3 is 9.88 Å². The Bertz CT molecular complexity index is 1390. The molecular formula is C17H17N9O4. The SMILES string of the molecule is Cn1c(=O)[nH]c(=O)c2c1ncn2CC(=O)NCCn1nnn(-c2ccccc2)c1=O. The van der Waals surface area contributed by atoms with Crippen LogP contribution in [0.3, 0.4) is 0 Å². The van der Waals surface area contributed by atoms with E-state index in [0.29, 0.717) is 5.69 Å². The maximum Gasteiger partial charge on any atom is 0.368 e. The van der Waals surface area contributed by atoms with E-state index in [1.54, 1.807) is 24.3 Å². The zero-order valence-electron chi connectivity index (χ0n) is 15.8. The number of hydrogen-bond acceptors (Lipinski definition) is 7.